The van der Waals surface area contributed by atoms with Crippen LogP contribution < -0.4 is 5.01 Å². The number of hydrogen-bond acceptors (Lipinski definition) is 1. The molecular weight excluding hydrogens is 184 g/mol. The Hall–Kier alpha value is -1.15. The van der Waals surface area contributed by atoms with E-state index in [0.717, 1.165) is 10.5 Å². The monoisotopic (exact) mass is 194 g/mol. The fourth-order valence-corrected chi connectivity index (χ4v) is 1.74. The average molecular weight is 195 g/mol. The minimum absolute atomic E-state index is 0.788. The van der Waals surface area contributed by atoms with Gasteiger partial charge in [-0.2, -0.15) is 0 Å². The number of para-hydroxylation sites is 1. The molecule has 3 heteroatoms. The highest BCUT2D eigenvalue weighted by molar-refractivity contribution is 6.35. The molecule has 0 amide bonds. The lowest BCUT2D eigenvalue weighted by molar-refractivity contribution is 0.762. The van der Waals surface area contributed by atoms with E-state index in [-0.39, 0.29) is 0 Å². The Morgan fingerprint density at radius 3 is 2.69 bits per heavy atom. The van der Waals surface area contributed by atoms with Gasteiger partial charge in [-0.3, -0.25) is 4.68 Å². The first-order valence-corrected chi connectivity index (χ1v) is 4.51. The maximum atomic E-state index is 6.10. The summed E-state index contributed by atoms with van der Waals surface area (Å²) in [5.41, 5.74) is 1.06. The summed E-state index contributed by atoms with van der Waals surface area (Å²) in [6.07, 6.45) is 2.01. The highest BCUT2D eigenvalue weighted by Gasteiger charge is 2.04. The van der Waals surface area contributed by atoms with Gasteiger partial charge in [0.15, 0.2) is 0 Å². The molecule has 0 N–H and O–H groups in total. The number of halogens is 1. The van der Waals surface area contributed by atoms with E-state index in [1.807, 2.05) is 42.1 Å². The molecule has 2 aromatic rings. The fraction of sp³-hybridized carbons (Fsp3) is 0.200. The number of rotatable bonds is 1. The molecule has 0 bridgehead atoms. The zero-order valence-corrected chi connectivity index (χ0v) is 8.42. The Bertz CT molecular complexity index is 431. The molecule has 68 valence electrons. The molecule has 0 saturated heterocycles. The molecule has 0 unspecified atom stereocenters. The summed E-state index contributed by atoms with van der Waals surface area (Å²) in [6.45, 7) is 0. The van der Waals surface area contributed by atoms with Crippen molar-refractivity contribution in [3.05, 3.63) is 35.5 Å². The molecule has 0 saturated carbocycles. The van der Waals surface area contributed by atoms with Gasteiger partial charge in [0.1, 0.15) is 0 Å². The summed E-state index contributed by atoms with van der Waals surface area (Å²) in [5, 5.41) is 3.95. The zero-order chi connectivity index (χ0) is 9.42. The number of nitrogens with zero attached hydrogens (tertiary/aromatic N) is 2. The van der Waals surface area contributed by atoms with E-state index in [1.165, 1.54) is 5.39 Å². The van der Waals surface area contributed by atoms with Crippen molar-refractivity contribution >= 4 is 22.5 Å². The molecule has 0 atom stereocenters. The second kappa shape index (κ2) is 2.96. The van der Waals surface area contributed by atoms with Crippen LogP contribution in [-0.4, -0.2) is 18.8 Å². The van der Waals surface area contributed by atoms with Crippen molar-refractivity contribution in [1.82, 2.24) is 4.68 Å². The predicted octanol–water partition coefficient (Wildman–Crippen LogP) is 2.49. The van der Waals surface area contributed by atoms with E-state index in [4.69, 9.17) is 11.6 Å². The molecule has 1 aromatic carbocycles. The summed E-state index contributed by atoms with van der Waals surface area (Å²) >= 11 is 6.10. The summed E-state index contributed by atoms with van der Waals surface area (Å²) in [7, 11) is 3.98. The van der Waals surface area contributed by atoms with Gasteiger partial charge >= 0.3 is 0 Å². The van der Waals surface area contributed by atoms with Crippen LogP contribution in [0.25, 0.3) is 10.9 Å². The first-order valence-electron chi connectivity index (χ1n) is 4.13. The lowest BCUT2D eigenvalue weighted by Gasteiger charge is -2.16. The van der Waals surface area contributed by atoms with Gasteiger partial charge in [-0.15, -0.1) is 0 Å². The van der Waals surface area contributed by atoms with Gasteiger partial charge in [0.05, 0.1) is 10.5 Å². The van der Waals surface area contributed by atoms with E-state index in [1.54, 1.807) is 0 Å². The Kier molecular flexibility index (Phi) is 1.93. The van der Waals surface area contributed by atoms with Gasteiger partial charge < -0.3 is 5.01 Å². The molecule has 0 radical (unpaired) electrons. The van der Waals surface area contributed by atoms with Crippen LogP contribution in [0.15, 0.2) is 30.5 Å². The average Bonchev–Trinajstić information content (AvgIpc) is 2.49. The van der Waals surface area contributed by atoms with Crippen molar-refractivity contribution in [2.45, 2.75) is 0 Å². The third-order valence-electron chi connectivity index (χ3n) is 2.07. The lowest BCUT2D eigenvalue weighted by atomic mass is 10.2. The molecule has 0 aliphatic heterocycles. The van der Waals surface area contributed by atoms with Crippen molar-refractivity contribution in [3.63, 3.8) is 0 Å². The first kappa shape index (κ1) is 8.45. The van der Waals surface area contributed by atoms with Crippen molar-refractivity contribution in [3.8, 4) is 0 Å². The number of hydrogen-bond donors (Lipinski definition) is 0. The number of benzene rings is 1. The van der Waals surface area contributed by atoms with Gasteiger partial charge in [0, 0.05) is 25.7 Å². The third kappa shape index (κ3) is 1.27. The largest absolute Gasteiger partial charge is 0.319 e. The fourth-order valence-electron chi connectivity index (χ4n) is 1.47. The van der Waals surface area contributed by atoms with Crippen molar-refractivity contribution in [2.75, 3.05) is 19.1 Å². The normalized spacial score (nSPS) is 10.7. The Balaban J connectivity index is 2.79. The number of aromatic nitrogens is 1. The van der Waals surface area contributed by atoms with Crippen molar-refractivity contribution in [1.29, 1.82) is 0 Å². The summed E-state index contributed by atoms with van der Waals surface area (Å²) in [4.78, 5) is 0. The third-order valence-corrected chi connectivity index (χ3v) is 2.38. The maximum absolute atomic E-state index is 6.10. The number of fused-ring (bicyclic) bond motifs is 1. The standard InChI is InChI=1S/C10H11ClN2/c1-12(2)13-7-6-8-4-3-5-9(11)10(8)13/h3-7H,1-2H3. The predicted molar refractivity (Wildman–Crippen MR) is 57.0 cm³/mol. The van der Waals surface area contributed by atoms with Gasteiger partial charge in [-0.25, -0.2) is 0 Å². The molecule has 13 heavy (non-hydrogen) atoms. The lowest BCUT2D eigenvalue weighted by Crippen LogP contribution is -2.23. The van der Waals surface area contributed by atoms with Crippen LogP contribution in [0.4, 0.5) is 0 Å². The first-order chi connectivity index (χ1) is 6.20. The van der Waals surface area contributed by atoms with Crippen LogP contribution in [0, 0.1) is 0 Å². The van der Waals surface area contributed by atoms with Crippen LogP contribution in [0.5, 0.6) is 0 Å². The molecular formula is C10H11ClN2. The molecule has 2 nitrogen and oxygen atoms in total. The van der Waals surface area contributed by atoms with Gasteiger partial charge in [-0.05, 0) is 12.1 Å². The highest BCUT2D eigenvalue weighted by atomic mass is 35.5. The van der Waals surface area contributed by atoms with Crippen LogP contribution in [-0.2, 0) is 0 Å². The minimum atomic E-state index is 0.788. The van der Waals surface area contributed by atoms with E-state index in [9.17, 15) is 0 Å². The zero-order valence-electron chi connectivity index (χ0n) is 7.66. The second-order valence-corrected chi connectivity index (χ2v) is 3.59. The van der Waals surface area contributed by atoms with Crippen molar-refractivity contribution < 1.29 is 0 Å². The summed E-state index contributed by atoms with van der Waals surface area (Å²) < 4.78 is 2.03. The minimum Gasteiger partial charge on any atom is -0.319 e. The van der Waals surface area contributed by atoms with Crippen LogP contribution >= 0.6 is 11.6 Å². The molecule has 1 aromatic heterocycles. The molecule has 2 rings (SSSR count). The summed E-state index contributed by atoms with van der Waals surface area (Å²) in [5.74, 6) is 0. The van der Waals surface area contributed by atoms with Gasteiger partial charge in [0.2, 0.25) is 0 Å². The second-order valence-electron chi connectivity index (χ2n) is 3.19. The van der Waals surface area contributed by atoms with Crippen molar-refractivity contribution in [2.24, 2.45) is 0 Å². The van der Waals surface area contributed by atoms with E-state index >= 15 is 0 Å². The Morgan fingerprint density at radius 1 is 1.23 bits per heavy atom. The van der Waals surface area contributed by atoms with E-state index in [0.29, 0.717) is 0 Å². The smallest absolute Gasteiger partial charge is 0.0880 e. The van der Waals surface area contributed by atoms with E-state index < -0.39 is 0 Å². The topological polar surface area (TPSA) is 8.17 Å². The van der Waals surface area contributed by atoms with Gasteiger partial charge in [-0.1, -0.05) is 23.7 Å². The Morgan fingerprint density at radius 2 is 2.00 bits per heavy atom. The van der Waals surface area contributed by atoms with Crippen LogP contribution in [0.2, 0.25) is 5.02 Å². The Labute approximate surface area is 82.3 Å². The summed E-state index contributed by atoms with van der Waals surface area (Å²) in [6, 6.07) is 7.98. The quantitative estimate of drug-likeness (QED) is 0.677. The van der Waals surface area contributed by atoms with Crippen LogP contribution in [0.1, 0.15) is 0 Å². The SMILES string of the molecule is CN(C)n1ccc2cccc(Cl)c21. The van der Waals surface area contributed by atoms with Crippen LogP contribution in [0.3, 0.4) is 0 Å². The molecule has 1 heterocycles. The maximum Gasteiger partial charge on any atom is 0.0880 e. The molecule has 0 spiro atoms. The highest BCUT2D eigenvalue weighted by Crippen LogP contribution is 2.23. The van der Waals surface area contributed by atoms with Gasteiger partial charge in [0.25, 0.3) is 0 Å². The molecule has 0 aliphatic rings. The molecule has 0 fully saturated rings. The molecule has 0 aliphatic carbocycles. The van der Waals surface area contributed by atoms with E-state index in [2.05, 4.69) is 12.1 Å².